The molecule has 1 aliphatic carbocycles. The maximum Gasteiger partial charge on any atom is 0.220 e. The Balaban J connectivity index is 1.61. The summed E-state index contributed by atoms with van der Waals surface area (Å²) in [5.41, 5.74) is 5.83. The molecule has 0 aliphatic heterocycles. The summed E-state index contributed by atoms with van der Waals surface area (Å²) >= 11 is 0. The predicted molar refractivity (Wildman–Crippen MR) is 65.4 cm³/mol. The van der Waals surface area contributed by atoms with Crippen LogP contribution >= 0.6 is 0 Å². The van der Waals surface area contributed by atoms with Gasteiger partial charge in [0.05, 0.1) is 6.26 Å². The standard InChI is InChI=1S/C13H20N2O2/c14-11-4-3-10(8-11)9-15-13(16)6-5-12-2-1-7-17-12/h1-2,7,10-11H,3-6,8-9,14H2,(H,15,16). The van der Waals surface area contributed by atoms with E-state index < -0.39 is 0 Å². The summed E-state index contributed by atoms with van der Waals surface area (Å²) in [7, 11) is 0. The number of furan rings is 1. The minimum Gasteiger partial charge on any atom is -0.469 e. The molecular weight excluding hydrogens is 216 g/mol. The summed E-state index contributed by atoms with van der Waals surface area (Å²) in [6, 6.07) is 4.07. The van der Waals surface area contributed by atoms with Gasteiger partial charge in [-0.15, -0.1) is 0 Å². The van der Waals surface area contributed by atoms with Crippen molar-refractivity contribution in [3.05, 3.63) is 24.2 Å². The van der Waals surface area contributed by atoms with Crippen LogP contribution in [-0.2, 0) is 11.2 Å². The molecule has 1 aromatic heterocycles. The summed E-state index contributed by atoms with van der Waals surface area (Å²) in [6.45, 7) is 0.769. The van der Waals surface area contributed by atoms with Gasteiger partial charge in [0, 0.05) is 25.4 Å². The van der Waals surface area contributed by atoms with Crippen molar-refractivity contribution in [3.63, 3.8) is 0 Å². The molecule has 1 aromatic rings. The third kappa shape index (κ3) is 3.89. The lowest BCUT2D eigenvalue weighted by Crippen LogP contribution is -2.29. The van der Waals surface area contributed by atoms with Gasteiger partial charge < -0.3 is 15.5 Å². The van der Waals surface area contributed by atoms with Crippen LogP contribution in [0.3, 0.4) is 0 Å². The predicted octanol–water partition coefficient (Wildman–Crippen LogP) is 1.46. The molecule has 1 saturated carbocycles. The highest BCUT2D eigenvalue weighted by Crippen LogP contribution is 2.23. The van der Waals surface area contributed by atoms with Crippen LogP contribution in [0.4, 0.5) is 0 Å². The van der Waals surface area contributed by atoms with Crippen molar-refractivity contribution < 1.29 is 9.21 Å². The molecule has 2 unspecified atom stereocenters. The summed E-state index contributed by atoms with van der Waals surface area (Å²) < 4.78 is 5.18. The van der Waals surface area contributed by atoms with Crippen LogP contribution in [-0.4, -0.2) is 18.5 Å². The maximum absolute atomic E-state index is 11.6. The van der Waals surface area contributed by atoms with Crippen LogP contribution in [0.25, 0.3) is 0 Å². The van der Waals surface area contributed by atoms with Crippen molar-refractivity contribution in [2.24, 2.45) is 11.7 Å². The van der Waals surface area contributed by atoms with Gasteiger partial charge in [-0.1, -0.05) is 0 Å². The molecule has 94 valence electrons. The van der Waals surface area contributed by atoms with Crippen molar-refractivity contribution in [3.8, 4) is 0 Å². The minimum atomic E-state index is 0.0990. The van der Waals surface area contributed by atoms with Crippen LogP contribution in [0.1, 0.15) is 31.4 Å². The zero-order valence-corrected chi connectivity index (χ0v) is 10.0. The Hall–Kier alpha value is -1.29. The van der Waals surface area contributed by atoms with E-state index in [-0.39, 0.29) is 5.91 Å². The molecule has 1 aliphatic rings. The third-order valence-electron chi connectivity index (χ3n) is 3.35. The number of nitrogens with one attached hydrogen (secondary N) is 1. The number of carbonyl (C=O) groups is 1. The van der Waals surface area contributed by atoms with Gasteiger partial charge in [0.25, 0.3) is 0 Å². The Bertz CT molecular complexity index is 348. The Morgan fingerprint density at radius 2 is 2.41 bits per heavy atom. The number of amides is 1. The van der Waals surface area contributed by atoms with Crippen LogP contribution in [0.2, 0.25) is 0 Å². The Morgan fingerprint density at radius 3 is 3.06 bits per heavy atom. The second-order valence-electron chi connectivity index (χ2n) is 4.82. The first-order valence-electron chi connectivity index (χ1n) is 6.28. The van der Waals surface area contributed by atoms with E-state index in [1.807, 2.05) is 12.1 Å². The molecule has 17 heavy (non-hydrogen) atoms. The van der Waals surface area contributed by atoms with E-state index in [1.54, 1.807) is 6.26 Å². The monoisotopic (exact) mass is 236 g/mol. The topological polar surface area (TPSA) is 68.3 Å². The maximum atomic E-state index is 11.6. The van der Waals surface area contributed by atoms with Crippen LogP contribution in [0.5, 0.6) is 0 Å². The molecule has 0 aromatic carbocycles. The SMILES string of the molecule is NC1CCC(CNC(=O)CCc2ccco2)C1. The number of hydrogen-bond acceptors (Lipinski definition) is 3. The lowest BCUT2D eigenvalue weighted by molar-refractivity contribution is -0.121. The number of nitrogens with two attached hydrogens (primary N) is 1. The number of rotatable bonds is 5. The smallest absolute Gasteiger partial charge is 0.220 e. The molecule has 3 N–H and O–H groups in total. The summed E-state index contributed by atoms with van der Waals surface area (Å²) in [5.74, 6) is 1.53. The van der Waals surface area contributed by atoms with Gasteiger partial charge in [0.1, 0.15) is 5.76 Å². The summed E-state index contributed by atoms with van der Waals surface area (Å²) in [6.07, 6.45) is 6.06. The van der Waals surface area contributed by atoms with Gasteiger partial charge in [0.15, 0.2) is 0 Å². The molecule has 1 amide bonds. The summed E-state index contributed by atoms with van der Waals surface area (Å²) in [5, 5.41) is 2.97. The Morgan fingerprint density at radius 1 is 1.53 bits per heavy atom. The first-order valence-corrected chi connectivity index (χ1v) is 6.28. The molecule has 1 heterocycles. The molecule has 0 bridgehead atoms. The van der Waals surface area contributed by atoms with E-state index in [2.05, 4.69) is 5.32 Å². The highest BCUT2D eigenvalue weighted by molar-refractivity contribution is 5.76. The molecule has 4 heteroatoms. The van der Waals surface area contributed by atoms with Gasteiger partial charge in [0.2, 0.25) is 5.91 Å². The zero-order chi connectivity index (χ0) is 12.1. The molecule has 4 nitrogen and oxygen atoms in total. The molecule has 0 radical (unpaired) electrons. The van der Waals surface area contributed by atoms with Gasteiger partial charge in [-0.25, -0.2) is 0 Å². The average Bonchev–Trinajstić information content (AvgIpc) is 2.95. The van der Waals surface area contributed by atoms with Gasteiger partial charge >= 0.3 is 0 Å². The largest absolute Gasteiger partial charge is 0.469 e. The number of carbonyl (C=O) groups excluding carboxylic acids is 1. The van der Waals surface area contributed by atoms with E-state index in [1.165, 1.54) is 0 Å². The van der Waals surface area contributed by atoms with Crippen molar-refractivity contribution in [1.29, 1.82) is 0 Å². The second-order valence-corrected chi connectivity index (χ2v) is 4.82. The molecule has 2 atom stereocenters. The van der Waals surface area contributed by atoms with Crippen LogP contribution < -0.4 is 11.1 Å². The minimum absolute atomic E-state index is 0.0990. The van der Waals surface area contributed by atoms with Crippen molar-refractivity contribution in [2.75, 3.05) is 6.54 Å². The van der Waals surface area contributed by atoms with E-state index in [9.17, 15) is 4.79 Å². The third-order valence-corrected chi connectivity index (χ3v) is 3.35. The fraction of sp³-hybridized carbons (Fsp3) is 0.615. The second kappa shape index (κ2) is 5.87. The van der Waals surface area contributed by atoms with Crippen LogP contribution in [0.15, 0.2) is 22.8 Å². The zero-order valence-electron chi connectivity index (χ0n) is 10.0. The van der Waals surface area contributed by atoms with E-state index in [0.717, 1.165) is 31.6 Å². The van der Waals surface area contributed by atoms with Crippen molar-refractivity contribution >= 4 is 5.91 Å². The highest BCUT2D eigenvalue weighted by Gasteiger charge is 2.21. The fourth-order valence-corrected chi connectivity index (χ4v) is 2.34. The van der Waals surface area contributed by atoms with E-state index >= 15 is 0 Å². The molecular formula is C13H20N2O2. The molecule has 2 rings (SSSR count). The van der Waals surface area contributed by atoms with Gasteiger partial charge in [-0.2, -0.15) is 0 Å². The number of aryl methyl sites for hydroxylation is 1. The van der Waals surface area contributed by atoms with Crippen molar-refractivity contribution in [2.45, 2.75) is 38.1 Å². The van der Waals surface area contributed by atoms with E-state index in [4.69, 9.17) is 10.2 Å². The molecule has 0 saturated heterocycles. The first-order chi connectivity index (χ1) is 8.24. The van der Waals surface area contributed by atoms with Crippen molar-refractivity contribution in [1.82, 2.24) is 5.32 Å². The normalized spacial score (nSPS) is 23.8. The van der Waals surface area contributed by atoms with Gasteiger partial charge in [-0.05, 0) is 37.3 Å². The van der Waals surface area contributed by atoms with Crippen LogP contribution in [0, 0.1) is 5.92 Å². The first kappa shape index (κ1) is 12.2. The average molecular weight is 236 g/mol. The Labute approximate surface area is 102 Å². The lowest BCUT2D eigenvalue weighted by Gasteiger charge is -2.10. The molecule has 0 spiro atoms. The number of hydrogen-bond donors (Lipinski definition) is 2. The van der Waals surface area contributed by atoms with E-state index in [0.29, 0.717) is 24.8 Å². The highest BCUT2D eigenvalue weighted by atomic mass is 16.3. The lowest BCUT2D eigenvalue weighted by atomic mass is 10.1. The molecule has 1 fully saturated rings. The summed E-state index contributed by atoms with van der Waals surface area (Å²) in [4.78, 5) is 11.6. The van der Waals surface area contributed by atoms with Gasteiger partial charge in [-0.3, -0.25) is 4.79 Å². The quantitative estimate of drug-likeness (QED) is 0.813. The Kier molecular flexibility index (Phi) is 4.20. The fourth-order valence-electron chi connectivity index (χ4n) is 2.34.